The Balaban J connectivity index is 2.13. The van der Waals surface area contributed by atoms with Crippen molar-refractivity contribution in [3.63, 3.8) is 0 Å². The monoisotopic (exact) mass is 260 g/mol. The van der Waals surface area contributed by atoms with Gasteiger partial charge in [-0.15, -0.1) is 0 Å². The molecule has 0 fully saturated rings. The number of hydrogen-bond donors (Lipinski definition) is 2. The Morgan fingerprint density at radius 2 is 2.32 bits per heavy atom. The number of nitrogens with zero attached hydrogens (tertiary/aromatic N) is 5. The molecule has 19 heavy (non-hydrogen) atoms. The van der Waals surface area contributed by atoms with Crippen LogP contribution in [0.5, 0.6) is 0 Å². The quantitative estimate of drug-likeness (QED) is 0.617. The number of carboxylic acids is 1. The summed E-state index contributed by atoms with van der Waals surface area (Å²) in [5.74, 6) is -0.655. The van der Waals surface area contributed by atoms with Crippen molar-refractivity contribution in [2.45, 2.75) is 13.5 Å². The van der Waals surface area contributed by atoms with Crippen LogP contribution < -0.4 is 5.32 Å². The minimum absolute atomic E-state index is 0.170. The molecule has 0 spiro atoms. The maximum absolute atomic E-state index is 11.0. The average Bonchev–Trinajstić information content (AvgIpc) is 2.86. The number of nitrogens with one attached hydrogen (secondary N) is 1. The fourth-order valence-corrected chi connectivity index (χ4v) is 1.45. The predicted octanol–water partition coefficient (Wildman–Crippen LogP) is 1.16. The van der Waals surface area contributed by atoms with Crippen molar-refractivity contribution < 1.29 is 9.90 Å². The van der Waals surface area contributed by atoms with Gasteiger partial charge in [0.05, 0.1) is 17.6 Å². The fraction of sp³-hybridized carbons (Fsp3) is 0.182. The van der Waals surface area contributed by atoms with Gasteiger partial charge in [-0.2, -0.15) is 0 Å². The Morgan fingerprint density at radius 3 is 3.05 bits per heavy atom. The van der Waals surface area contributed by atoms with Gasteiger partial charge in [-0.1, -0.05) is 17.2 Å². The van der Waals surface area contributed by atoms with Crippen LogP contribution in [-0.4, -0.2) is 37.6 Å². The molecule has 0 saturated carbocycles. The number of aryl methyl sites for hydroxylation is 1. The first-order valence-corrected chi connectivity index (χ1v) is 5.60. The number of hydrogen-bond acceptors (Lipinski definition) is 5. The van der Waals surface area contributed by atoms with E-state index < -0.39 is 5.97 Å². The van der Waals surface area contributed by atoms with Gasteiger partial charge < -0.3 is 10.4 Å². The third kappa shape index (κ3) is 2.92. The van der Waals surface area contributed by atoms with E-state index in [0.29, 0.717) is 18.2 Å². The van der Waals surface area contributed by atoms with Gasteiger partial charge in [-0.3, -0.25) is 0 Å². The Bertz CT molecular complexity index is 607. The van der Waals surface area contributed by atoms with Crippen molar-refractivity contribution in [1.82, 2.24) is 20.2 Å². The van der Waals surface area contributed by atoms with Gasteiger partial charge in [0, 0.05) is 6.54 Å². The zero-order chi connectivity index (χ0) is 13.7. The first-order valence-electron chi connectivity index (χ1n) is 5.60. The van der Waals surface area contributed by atoms with Crippen LogP contribution in [0.1, 0.15) is 17.3 Å². The summed E-state index contributed by atoms with van der Waals surface area (Å²) in [4.78, 5) is 15.0. The molecule has 0 atom stereocenters. The van der Waals surface area contributed by atoms with Crippen LogP contribution in [-0.2, 0) is 6.54 Å². The first-order chi connectivity index (χ1) is 9.22. The lowest BCUT2D eigenvalue weighted by Gasteiger charge is -2.04. The van der Waals surface area contributed by atoms with E-state index in [1.165, 1.54) is 17.1 Å². The van der Waals surface area contributed by atoms with Crippen LogP contribution in [0.25, 0.3) is 0 Å². The summed E-state index contributed by atoms with van der Waals surface area (Å²) in [6, 6.07) is 6.55. The normalized spacial score (nSPS) is 10.8. The SMILES string of the molecule is CCn1nnnc1/N=C/Nc1ccccc1C(=O)O. The second kappa shape index (κ2) is 5.71. The van der Waals surface area contributed by atoms with Crippen LogP contribution in [0.2, 0.25) is 0 Å². The summed E-state index contributed by atoms with van der Waals surface area (Å²) in [6.45, 7) is 2.49. The van der Waals surface area contributed by atoms with E-state index in [1.54, 1.807) is 18.2 Å². The van der Waals surface area contributed by atoms with E-state index in [9.17, 15) is 4.79 Å². The second-order valence-electron chi connectivity index (χ2n) is 3.55. The highest BCUT2D eigenvalue weighted by molar-refractivity contribution is 5.97. The van der Waals surface area contributed by atoms with Crippen LogP contribution in [0.4, 0.5) is 11.6 Å². The van der Waals surface area contributed by atoms with E-state index in [4.69, 9.17) is 5.11 Å². The van der Waals surface area contributed by atoms with Crippen molar-refractivity contribution >= 4 is 23.9 Å². The third-order valence-corrected chi connectivity index (χ3v) is 2.37. The Morgan fingerprint density at radius 1 is 1.53 bits per heavy atom. The predicted molar refractivity (Wildman–Crippen MR) is 68.7 cm³/mol. The summed E-state index contributed by atoms with van der Waals surface area (Å²) in [5, 5.41) is 22.8. The highest BCUT2D eigenvalue weighted by atomic mass is 16.4. The second-order valence-corrected chi connectivity index (χ2v) is 3.55. The minimum atomic E-state index is -1.00. The topological polar surface area (TPSA) is 105 Å². The zero-order valence-corrected chi connectivity index (χ0v) is 10.2. The molecule has 8 heteroatoms. The number of tetrazole rings is 1. The van der Waals surface area contributed by atoms with Crippen LogP contribution in [0, 0.1) is 0 Å². The molecule has 0 radical (unpaired) electrons. The molecule has 0 saturated heterocycles. The number of aliphatic imine (C=N–C) groups is 1. The van der Waals surface area contributed by atoms with Crippen molar-refractivity contribution in [2.24, 2.45) is 4.99 Å². The number of aromatic nitrogens is 4. The van der Waals surface area contributed by atoms with Crippen molar-refractivity contribution in [2.75, 3.05) is 5.32 Å². The molecule has 2 N–H and O–H groups in total. The molecule has 0 aliphatic carbocycles. The number of anilines is 1. The maximum atomic E-state index is 11.0. The Kier molecular flexibility index (Phi) is 3.81. The van der Waals surface area contributed by atoms with Gasteiger partial charge in [0.15, 0.2) is 0 Å². The number of benzene rings is 1. The molecule has 2 rings (SSSR count). The lowest BCUT2D eigenvalue weighted by molar-refractivity contribution is 0.0698. The molecular formula is C11H12N6O2. The van der Waals surface area contributed by atoms with E-state index in [-0.39, 0.29) is 5.56 Å². The lowest BCUT2D eigenvalue weighted by Crippen LogP contribution is -2.04. The first kappa shape index (κ1) is 12.7. The third-order valence-electron chi connectivity index (χ3n) is 2.37. The van der Waals surface area contributed by atoms with Crippen LogP contribution >= 0.6 is 0 Å². The Hall–Kier alpha value is -2.77. The highest BCUT2D eigenvalue weighted by Crippen LogP contribution is 2.14. The van der Waals surface area contributed by atoms with Gasteiger partial charge in [0.2, 0.25) is 0 Å². The molecule has 98 valence electrons. The molecule has 1 heterocycles. The molecule has 0 aliphatic heterocycles. The molecule has 2 aromatic rings. The van der Waals surface area contributed by atoms with Gasteiger partial charge in [-0.25, -0.2) is 14.5 Å². The van der Waals surface area contributed by atoms with E-state index in [1.807, 2.05) is 6.92 Å². The molecule has 8 nitrogen and oxygen atoms in total. The zero-order valence-electron chi connectivity index (χ0n) is 10.2. The summed E-state index contributed by atoms with van der Waals surface area (Å²) in [7, 11) is 0. The van der Waals surface area contributed by atoms with Gasteiger partial charge in [-0.05, 0) is 29.5 Å². The molecule has 0 aliphatic rings. The fourth-order valence-electron chi connectivity index (χ4n) is 1.45. The molecule has 0 unspecified atom stereocenters. The van der Waals surface area contributed by atoms with E-state index >= 15 is 0 Å². The maximum Gasteiger partial charge on any atom is 0.337 e. The van der Waals surface area contributed by atoms with Crippen molar-refractivity contribution in [3.05, 3.63) is 29.8 Å². The van der Waals surface area contributed by atoms with Crippen LogP contribution in [0.3, 0.4) is 0 Å². The Labute approximate surface area is 108 Å². The molecule has 0 bridgehead atoms. The summed E-state index contributed by atoms with van der Waals surface area (Å²) >= 11 is 0. The average molecular weight is 260 g/mol. The minimum Gasteiger partial charge on any atom is -0.478 e. The molecular weight excluding hydrogens is 248 g/mol. The van der Waals surface area contributed by atoms with Gasteiger partial charge >= 0.3 is 5.97 Å². The molecule has 1 aromatic heterocycles. The largest absolute Gasteiger partial charge is 0.478 e. The van der Waals surface area contributed by atoms with E-state index in [0.717, 1.165) is 0 Å². The summed E-state index contributed by atoms with van der Waals surface area (Å²) in [5.41, 5.74) is 0.623. The summed E-state index contributed by atoms with van der Waals surface area (Å²) < 4.78 is 1.52. The number of rotatable bonds is 5. The van der Waals surface area contributed by atoms with E-state index in [2.05, 4.69) is 25.8 Å². The van der Waals surface area contributed by atoms with Gasteiger partial charge in [0.1, 0.15) is 0 Å². The number of aromatic carboxylic acids is 1. The number of carboxylic acid groups (broad SMARTS) is 1. The standard InChI is InChI=1S/C11H12N6O2/c1-2-17-11(14-15-16-17)13-7-12-9-6-4-3-5-8(9)10(18)19/h3-7H,2H2,1H3,(H,18,19)(H,12,13,14,16). The van der Waals surface area contributed by atoms with Crippen LogP contribution in [0.15, 0.2) is 29.3 Å². The van der Waals surface area contributed by atoms with Gasteiger partial charge in [0.25, 0.3) is 5.95 Å². The number of para-hydroxylation sites is 1. The molecule has 0 amide bonds. The number of carbonyl (C=O) groups is 1. The summed E-state index contributed by atoms with van der Waals surface area (Å²) in [6.07, 6.45) is 1.36. The van der Waals surface area contributed by atoms with Crippen molar-refractivity contribution in [1.29, 1.82) is 0 Å². The smallest absolute Gasteiger partial charge is 0.337 e. The molecule has 1 aromatic carbocycles. The lowest BCUT2D eigenvalue weighted by atomic mass is 10.2. The highest BCUT2D eigenvalue weighted by Gasteiger charge is 2.07. The van der Waals surface area contributed by atoms with Crippen molar-refractivity contribution in [3.8, 4) is 0 Å².